The summed E-state index contributed by atoms with van der Waals surface area (Å²) in [6.45, 7) is 1.91. The van der Waals surface area contributed by atoms with Crippen molar-refractivity contribution in [2.45, 2.75) is 25.3 Å². The zero-order valence-electron chi connectivity index (χ0n) is 21.3. The van der Waals surface area contributed by atoms with Crippen LogP contribution < -0.4 is 19.2 Å². The predicted octanol–water partition coefficient (Wildman–Crippen LogP) is 3.71. The van der Waals surface area contributed by atoms with Gasteiger partial charge in [0.2, 0.25) is 5.91 Å². The zero-order valence-corrected chi connectivity index (χ0v) is 23.0. The van der Waals surface area contributed by atoms with Crippen LogP contribution >= 0.6 is 11.3 Å². The molecule has 3 heterocycles. The van der Waals surface area contributed by atoms with Gasteiger partial charge in [-0.2, -0.15) is 8.42 Å². The second-order valence-corrected chi connectivity index (χ2v) is 11.8. The summed E-state index contributed by atoms with van der Waals surface area (Å²) in [7, 11) is -2.92. The third kappa shape index (κ3) is 5.58. The van der Waals surface area contributed by atoms with E-state index in [9.17, 15) is 26.8 Å². The maximum atomic E-state index is 13.9. The molecule has 5 rings (SSSR count). The van der Waals surface area contributed by atoms with E-state index < -0.39 is 39.8 Å². The average molecular weight is 587 g/mol. The quantitative estimate of drug-likeness (QED) is 0.340. The van der Waals surface area contributed by atoms with Crippen molar-refractivity contribution >= 4 is 55.2 Å². The Balaban J connectivity index is 1.39. The van der Waals surface area contributed by atoms with Crippen molar-refractivity contribution in [1.29, 1.82) is 0 Å². The number of nitrogens with one attached hydrogen (secondary N) is 2. The van der Waals surface area contributed by atoms with E-state index in [1.54, 1.807) is 35.8 Å². The predicted molar refractivity (Wildman–Crippen MR) is 147 cm³/mol. The number of carbonyl (C=O) groups excluding carboxylic acids is 2. The third-order valence-corrected chi connectivity index (χ3v) is 8.69. The fourth-order valence-electron chi connectivity index (χ4n) is 4.59. The summed E-state index contributed by atoms with van der Waals surface area (Å²) in [5.74, 6) is -2.30. The number of anilines is 2. The molecule has 40 heavy (non-hydrogen) atoms. The van der Waals surface area contributed by atoms with Gasteiger partial charge in [-0.25, -0.2) is 32.6 Å². The van der Waals surface area contributed by atoms with E-state index in [1.165, 1.54) is 29.5 Å². The average Bonchev–Trinajstić information content (AvgIpc) is 3.51. The lowest BCUT2D eigenvalue weighted by atomic mass is 10.0. The lowest BCUT2D eigenvalue weighted by Gasteiger charge is -2.26. The van der Waals surface area contributed by atoms with Crippen LogP contribution in [0.15, 0.2) is 60.2 Å². The van der Waals surface area contributed by atoms with Crippen LogP contribution in [-0.2, 0) is 21.4 Å². The molecule has 3 amide bonds. The number of aromatic nitrogens is 2. The van der Waals surface area contributed by atoms with Gasteiger partial charge in [0, 0.05) is 49.4 Å². The normalized spacial score (nSPS) is 15.5. The highest BCUT2D eigenvalue weighted by molar-refractivity contribution is 7.91. The molecule has 2 atom stereocenters. The van der Waals surface area contributed by atoms with Crippen LogP contribution in [0.3, 0.4) is 0 Å². The number of hydrogen-bond donors (Lipinski definition) is 2. The van der Waals surface area contributed by atoms with Gasteiger partial charge in [-0.15, -0.1) is 11.3 Å². The standard InChI is InChI=1S/C26H24F2N6O4S2/c1-15-13-34(24-20(15)4-3-7-29-24)40(37,38)32-26(36)31-22(10-16-8-17(27)11-18(28)9-16)25(35)33(2)19-5-6-23-21(12-19)30-14-39-23/h3-9,11-12,14-15,22H,10,13H2,1-2H3,(H2,31,32,36)/t15?,22-/m0/s1. The molecule has 0 saturated heterocycles. The molecule has 4 aromatic rings. The number of thiazole rings is 1. The van der Waals surface area contributed by atoms with Gasteiger partial charge in [0.15, 0.2) is 0 Å². The van der Waals surface area contributed by atoms with Gasteiger partial charge in [-0.3, -0.25) is 4.79 Å². The molecule has 0 aliphatic carbocycles. The molecule has 2 aromatic carbocycles. The summed E-state index contributed by atoms with van der Waals surface area (Å²) in [6, 6.07) is 8.82. The molecule has 208 valence electrons. The molecule has 0 radical (unpaired) electrons. The Morgan fingerprint density at radius 1 is 1.15 bits per heavy atom. The summed E-state index contributed by atoms with van der Waals surface area (Å²) in [5.41, 5.74) is 3.60. The molecule has 2 aromatic heterocycles. The Bertz CT molecular complexity index is 1690. The van der Waals surface area contributed by atoms with Crippen LogP contribution in [-0.4, -0.2) is 50.0 Å². The van der Waals surface area contributed by atoms with Gasteiger partial charge in [0.1, 0.15) is 23.5 Å². The Hall–Kier alpha value is -4.17. The Labute approximate surface area is 232 Å². The first-order valence-electron chi connectivity index (χ1n) is 12.1. The van der Waals surface area contributed by atoms with Gasteiger partial charge < -0.3 is 10.2 Å². The number of carbonyl (C=O) groups is 2. The summed E-state index contributed by atoms with van der Waals surface area (Å²) in [4.78, 5) is 36.2. The first kappa shape index (κ1) is 27.4. The van der Waals surface area contributed by atoms with Crippen LogP contribution in [0.25, 0.3) is 10.2 Å². The first-order valence-corrected chi connectivity index (χ1v) is 14.5. The lowest BCUT2D eigenvalue weighted by molar-refractivity contribution is -0.120. The molecule has 1 unspecified atom stereocenters. The van der Waals surface area contributed by atoms with E-state index in [4.69, 9.17) is 0 Å². The molecule has 10 nitrogen and oxygen atoms in total. The fourth-order valence-corrected chi connectivity index (χ4v) is 6.45. The van der Waals surface area contributed by atoms with Gasteiger partial charge in [-0.1, -0.05) is 13.0 Å². The number of likely N-dealkylation sites (N-methyl/N-ethyl adjacent to an activating group) is 1. The number of fused-ring (bicyclic) bond motifs is 2. The molecule has 14 heteroatoms. The van der Waals surface area contributed by atoms with Crippen LogP contribution in [0.1, 0.15) is 24.0 Å². The second kappa shape index (κ2) is 10.8. The molecule has 1 aliphatic rings. The van der Waals surface area contributed by atoms with Gasteiger partial charge >= 0.3 is 16.2 Å². The third-order valence-electron chi connectivity index (χ3n) is 6.53. The number of nitrogens with zero attached hydrogens (tertiary/aromatic N) is 4. The summed E-state index contributed by atoms with van der Waals surface area (Å²) in [6.07, 6.45) is 1.14. The molecule has 2 N–H and O–H groups in total. The molecule has 0 spiro atoms. The molecule has 0 bridgehead atoms. The SMILES string of the molecule is CC1CN(S(=O)(=O)NC(=O)N[C@@H](Cc2cc(F)cc(F)c2)C(=O)N(C)c2ccc3scnc3c2)c2ncccc21. The minimum absolute atomic E-state index is 0.0712. The van der Waals surface area contributed by atoms with Gasteiger partial charge in [0.05, 0.1) is 15.7 Å². The monoisotopic (exact) mass is 586 g/mol. The van der Waals surface area contributed by atoms with Crippen molar-refractivity contribution in [2.75, 3.05) is 22.8 Å². The van der Waals surface area contributed by atoms with E-state index in [2.05, 4.69) is 15.3 Å². The highest BCUT2D eigenvalue weighted by Gasteiger charge is 2.36. The topological polar surface area (TPSA) is 125 Å². The Kier molecular flexibility index (Phi) is 7.38. The second-order valence-electron chi connectivity index (χ2n) is 9.36. The summed E-state index contributed by atoms with van der Waals surface area (Å²) >= 11 is 1.43. The van der Waals surface area contributed by atoms with Crippen molar-refractivity contribution in [3.8, 4) is 0 Å². The van der Waals surface area contributed by atoms with E-state index in [0.717, 1.165) is 21.1 Å². The number of rotatable bonds is 7. The zero-order chi connectivity index (χ0) is 28.6. The number of amides is 3. The van der Waals surface area contributed by atoms with Crippen molar-refractivity contribution in [2.24, 2.45) is 0 Å². The van der Waals surface area contributed by atoms with Crippen molar-refractivity contribution in [3.63, 3.8) is 0 Å². The number of pyridine rings is 1. The van der Waals surface area contributed by atoms with Crippen LogP contribution in [0, 0.1) is 11.6 Å². The van der Waals surface area contributed by atoms with E-state index >= 15 is 0 Å². The van der Waals surface area contributed by atoms with E-state index in [0.29, 0.717) is 22.8 Å². The highest BCUT2D eigenvalue weighted by Crippen LogP contribution is 2.35. The van der Waals surface area contributed by atoms with Crippen molar-refractivity contribution < 1.29 is 26.8 Å². The lowest BCUT2D eigenvalue weighted by Crippen LogP contribution is -2.54. The molecular weight excluding hydrogens is 562 g/mol. The minimum atomic E-state index is -4.40. The fraction of sp³-hybridized carbons (Fsp3) is 0.231. The molecule has 0 saturated carbocycles. The van der Waals surface area contributed by atoms with E-state index in [-0.39, 0.29) is 30.3 Å². The van der Waals surface area contributed by atoms with Gasteiger partial charge in [0.25, 0.3) is 0 Å². The Morgan fingerprint density at radius 3 is 2.65 bits per heavy atom. The number of halogens is 2. The Morgan fingerprint density at radius 2 is 1.90 bits per heavy atom. The first-order chi connectivity index (χ1) is 19.0. The van der Waals surface area contributed by atoms with Crippen LogP contribution in [0.2, 0.25) is 0 Å². The molecule has 0 fully saturated rings. The largest absolute Gasteiger partial charge is 0.330 e. The maximum absolute atomic E-state index is 13.9. The highest BCUT2D eigenvalue weighted by atomic mass is 32.2. The minimum Gasteiger partial charge on any atom is -0.325 e. The number of urea groups is 1. The van der Waals surface area contributed by atoms with E-state index in [1.807, 2.05) is 11.6 Å². The smallest absolute Gasteiger partial charge is 0.325 e. The number of hydrogen-bond acceptors (Lipinski definition) is 7. The van der Waals surface area contributed by atoms with Crippen molar-refractivity contribution in [1.82, 2.24) is 20.0 Å². The maximum Gasteiger partial charge on any atom is 0.330 e. The summed E-state index contributed by atoms with van der Waals surface area (Å²) < 4.78 is 57.9. The summed E-state index contributed by atoms with van der Waals surface area (Å²) in [5, 5.41) is 2.38. The van der Waals surface area contributed by atoms with Crippen molar-refractivity contribution in [3.05, 3.63) is 83.0 Å². The van der Waals surface area contributed by atoms with Gasteiger partial charge in [-0.05, 0) is 42.0 Å². The van der Waals surface area contributed by atoms with Crippen LogP contribution in [0.4, 0.5) is 25.1 Å². The molecule has 1 aliphatic heterocycles. The number of benzene rings is 2. The van der Waals surface area contributed by atoms with Crippen LogP contribution in [0.5, 0.6) is 0 Å². The molecular formula is C26H24F2N6O4S2.